The maximum absolute atomic E-state index is 12.6. The van der Waals surface area contributed by atoms with Gasteiger partial charge in [0.05, 0.1) is 19.8 Å². The average Bonchev–Trinajstić information content (AvgIpc) is 3.24. The number of aliphatic hydroxyl groups excluding tert-OH is 2. The zero-order valence-corrected chi connectivity index (χ0v) is 39.1. The minimum Gasteiger partial charge on any atom is -0.462 e. The molecule has 0 aliphatic heterocycles. The third-order valence-electron chi connectivity index (χ3n) is 10.2. The molecule has 0 radical (unpaired) electrons. The molecule has 0 aliphatic rings. The van der Waals surface area contributed by atoms with Crippen molar-refractivity contribution in [2.75, 3.05) is 26.4 Å². The van der Waals surface area contributed by atoms with E-state index in [-0.39, 0.29) is 19.4 Å². The zero-order chi connectivity index (χ0) is 44.0. The Morgan fingerprint density at radius 1 is 0.500 bits per heavy atom. The number of rotatable bonds is 45. The Morgan fingerprint density at radius 2 is 0.883 bits per heavy atom. The number of hydrogen-bond donors (Lipinski definition) is 3. The minimum atomic E-state index is -4.63. The van der Waals surface area contributed by atoms with E-state index in [2.05, 4.69) is 56.4 Å². The van der Waals surface area contributed by atoms with Gasteiger partial charge >= 0.3 is 19.8 Å². The van der Waals surface area contributed by atoms with E-state index in [0.29, 0.717) is 19.3 Å². The second kappa shape index (κ2) is 45.0. The first-order valence-electron chi connectivity index (χ1n) is 24.1. The van der Waals surface area contributed by atoms with Crippen LogP contribution in [-0.2, 0) is 32.7 Å². The Balaban J connectivity index is 4.33. The second-order valence-corrected chi connectivity index (χ2v) is 17.6. The standard InChI is InChI=1S/C49H89O10P/c1-3-5-7-9-11-13-15-17-19-21-22-23-24-25-27-29-31-33-35-37-39-41-49(53)59-47(45-58-60(54,55)57-43-46(51)42-50)44-56-48(52)40-38-36-34-32-30-28-26-20-18-16-14-12-10-8-6-4-2/h19,21,23-24,27,29,33,35,46-47,50-51H,3-18,20,22,25-26,28,30-32,34,36-45H2,1-2H3,(H,54,55)/b21-19+,24-23+,29-27+,35-33+/t46-,47+/m0/s1. The predicted octanol–water partition coefficient (Wildman–Crippen LogP) is 13.3. The lowest BCUT2D eigenvalue weighted by Gasteiger charge is -2.20. The van der Waals surface area contributed by atoms with Crippen LogP contribution in [0.25, 0.3) is 0 Å². The number of ether oxygens (including phenoxy) is 2. The Kier molecular flexibility index (Phi) is 43.4. The van der Waals surface area contributed by atoms with Crippen LogP contribution in [0.4, 0.5) is 0 Å². The van der Waals surface area contributed by atoms with Crippen molar-refractivity contribution in [1.29, 1.82) is 0 Å². The van der Waals surface area contributed by atoms with Crippen LogP contribution < -0.4 is 0 Å². The van der Waals surface area contributed by atoms with Crippen molar-refractivity contribution < 1.29 is 47.8 Å². The Bertz CT molecular complexity index is 1140. The summed E-state index contributed by atoms with van der Waals surface area (Å²) in [7, 11) is -4.63. The van der Waals surface area contributed by atoms with Gasteiger partial charge < -0.3 is 24.6 Å². The molecule has 0 rings (SSSR count). The molecular weight excluding hydrogens is 780 g/mol. The van der Waals surface area contributed by atoms with E-state index in [4.69, 9.17) is 23.6 Å². The number of allylic oxidation sites excluding steroid dienone is 8. The van der Waals surface area contributed by atoms with Gasteiger partial charge in [0.2, 0.25) is 0 Å². The molecule has 0 amide bonds. The van der Waals surface area contributed by atoms with Crippen LogP contribution in [0.15, 0.2) is 48.6 Å². The van der Waals surface area contributed by atoms with E-state index in [9.17, 15) is 24.2 Å². The molecule has 350 valence electrons. The van der Waals surface area contributed by atoms with E-state index in [0.717, 1.165) is 38.5 Å². The molecule has 0 aromatic heterocycles. The van der Waals surface area contributed by atoms with Gasteiger partial charge in [-0.2, -0.15) is 0 Å². The molecule has 0 aromatic carbocycles. The van der Waals surface area contributed by atoms with Crippen molar-refractivity contribution in [3.63, 3.8) is 0 Å². The van der Waals surface area contributed by atoms with Crippen LogP contribution in [-0.4, -0.2) is 65.7 Å². The Labute approximate surface area is 366 Å². The van der Waals surface area contributed by atoms with Crippen LogP contribution in [0.1, 0.15) is 213 Å². The molecule has 0 fully saturated rings. The summed E-state index contributed by atoms with van der Waals surface area (Å²) in [6.07, 6.45) is 49.4. The molecule has 1 unspecified atom stereocenters. The molecule has 3 atom stereocenters. The first-order chi connectivity index (χ1) is 29.2. The summed E-state index contributed by atoms with van der Waals surface area (Å²) in [5.41, 5.74) is 0. The van der Waals surface area contributed by atoms with Crippen molar-refractivity contribution in [1.82, 2.24) is 0 Å². The van der Waals surface area contributed by atoms with E-state index in [1.54, 1.807) is 0 Å². The van der Waals surface area contributed by atoms with Crippen LogP contribution in [0.5, 0.6) is 0 Å². The summed E-state index contributed by atoms with van der Waals surface area (Å²) in [5.74, 6) is -0.984. The lowest BCUT2D eigenvalue weighted by molar-refractivity contribution is -0.161. The smallest absolute Gasteiger partial charge is 0.462 e. The minimum absolute atomic E-state index is 0.109. The van der Waals surface area contributed by atoms with Crippen molar-refractivity contribution in [3.05, 3.63) is 48.6 Å². The fraction of sp³-hybridized carbons (Fsp3) is 0.796. The molecule has 0 aromatic rings. The summed E-state index contributed by atoms with van der Waals surface area (Å²) in [4.78, 5) is 35.1. The molecule has 0 bridgehead atoms. The second-order valence-electron chi connectivity index (χ2n) is 16.1. The summed E-state index contributed by atoms with van der Waals surface area (Å²) in [6.45, 7) is 2.34. The van der Waals surface area contributed by atoms with Gasteiger partial charge in [0.15, 0.2) is 6.10 Å². The first kappa shape index (κ1) is 57.9. The van der Waals surface area contributed by atoms with Crippen molar-refractivity contribution in [2.24, 2.45) is 0 Å². The summed E-state index contributed by atoms with van der Waals surface area (Å²) < 4.78 is 32.7. The number of unbranched alkanes of at least 4 members (excludes halogenated alkanes) is 23. The Morgan fingerprint density at radius 3 is 1.35 bits per heavy atom. The topological polar surface area (TPSA) is 149 Å². The molecule has 11 heteroatoms. The van der Waals surface area contributed by atoms with Gasteiger partial charge in [-0.15, -0.1) is 0 Å². The van der Waals surface area contributed by atoms with E-state index >= 15 is 0 Å². The van der Waals surface area contributed by atoms with Crippen molar-refractivity contribution in [3.8, 4) is 0 Å². The van der Waals surface area contributed by atoms with Gasteiger partial charge in [0.25, 0.3) is 0 Å². The number of carbonyl (C=O) groups is 2. The maximum Gasteiger partial charge on any atom is 0.472 e. The average molecular weight is 869 g/mol. The maximum atomic E-state index is 12.6. The molecule has 0 spiro atoms. The fourth-order valence-electron chi connectivity index (χ4n) is 6.52. The van der Waals surface area contributed by atoms with Gasteiger partial charge in [0, 0.05) is 12.8 Å². The van der Waals surface area contributed by atoms with Crippen LogP contribution in [0.3, 0.4) is 0 Å². The number of aliphatic hydroxyl groups is 2. The van der Waals surface area contributed by atoms with Gasteiger partial charge in [-0.05, 0) is 51.4 Å². The third kappa shape index (κ3) is 44.0. The highest BCUT2D eigenvalue weighted by molar-refractivity contribution is 7.47. The summed E-state index contributed by atoms with van der Waals surface area (Å²) in [5, 5.41) is 18.4. The van der Waals surface area contributed by atoms with Gasteiger partial charge in [0.1, 0.15) is 12.7 Å². The van der Waals surface area contributed by atoms with Gasteiger partial charge in [-0.1, -0.05) is 197 Å². The molecule has 0 heterocycles. The molecule has 0 saturated carbocycles. The molecule has 0 saturated heterocycles. The largest absolute Gasteiger partial charge is 0.472 e. The normalized spacial score (nSPS) is 14.2. The number of esters is 2. The number of hydrogen-bond acceptors (Lipinski definition) is 9. The van der Waals surface area contributed by atoms with Gasteiger partial charge in [-0.25, -0.2) is 4.57 Å². The highest BCUT2D eigenvalue weighted by atomic mass is 31.2. The monoisotopic (exact) mass is 869 g/mol. The SMILES string of the molecule is CCCCCCCCC/C=C/C/C=C/C/C=C/C/C=C/CCCC(=O)O[C@H](COC(=O)CCCCCCCCCCCCCCCCCC)COP(=O)(O)OC[C@@H](O)CO. The zero-order valence-electron chi connectivity index (χ0n) is 38.2. The quantitative estimate of drug-likeness (QED) is 0.0234. The van der Waals surface area contributed by atoms with Crippen molar-refractivity contribution >= 4 is 19.8 Å². The van der Waals surface area contributed by atoms with Crippen LogP contribution in [0.2, 0.25) is 0 Å². The lowest BCUT2D eigenvalue weighted by Crippen LogP contribution is -2.29. The molecular formula is C49H89O10P. The number of phosphoric ester groups is 1. The van der Waals surface area contributed by atoms with E-state index < -0.39 is 51.8 Å². The third-order valence-corrected chi connectivity index (χ3v) is 11.2. The number of phosphoric acid groups is 1. The molecule has 3 N–H and O–H groups in total. The van der Waals surface area contributed by atoms with E-state index in [1.807, 2.05) is 6.08 Å². The predicted molar refractivity (Wildman–Crippen MR) is 247 cm³/mol. The highest BCUT2D eigenvalue weighted by Gasteiger charge is 2.27. The van der Waals surface area contributed by atoms with E-state index in [1.165, 1.54) is 128 Å². The van der Waals surface area contributed by atoms with Crippen molar-refractivity contribution in [2.45, 2.75) is 225 Å². The number of carbonyl (C=O) groups excluding carboxylic acids is 2. The Hall–Kier alpha value is -2.07. The van der Waals surface area contributed by atoms with Crippen LogP contribution in [0, 0.1) is 0 Å². The molecule has 60 heavy (non-hydrogen) atoms. The summed E-state index contributed by atoms with van der Waals surface area (Å²) in [6, 6.07) is 0. The summed E-state index contributed by atoms with van der Waals surface area (Å²) >= 11 is 0. The van der Waals surface area contributed by atoms with Crippen LogP contribution >= 0.6 is 7.82 Å². The molecule has 0 aliphatic carbocycles. The first-order valence-corrected chi connectivity index (χ1v) is 25.6. The van der Waals surface area contributed by atoms with Gasteiger partial charge in [-0.3, -0.25) is 18.6 Å². The molecule has 10 nitrogen and oxygen atoms in total. The lowest BCUT2D eigenvalue weighted by atomic mass is 10.0. The highest BCUT2D eigenvalue weighted by Crippen LogP contribution is 2.43. The fourth-order valence-corrected chi connectivity index (χ4v) is 7.31.